The first-order valence-corrected chi connectivity index (χ1v) is 5.83. The normalized spacial score (nSPS) is 11.1. The minimum absolute atomic E-state index is 0.0799. The first-order valence-electron chi connectivity index (χ1n) is 5.45. The lowest BCUT2D eigenvalue weighted by molar-refractivity contribution is -0.485. The molecule has 1 rings (SSSR count). The van der Waals surface area contributed by atoms with Gasteiger partial charge in [-0.05, 0) is 30.2 Å². The van der Waals surface area contributed by atoms with Crippen LogP contribution in [-0.2, 0) is 6.54 Å². The number of halogens is 1. The van der Waals surface area contributed by atoms with Crippen molar-refractivity contribution in [3.05, 3.63) is 38.4 Å². The summed E-state index contributed by atoms with van der Waals surface area (Å²) in [4.78, 5) is 10.3. The highest BCUT2D eigenvalue weighted by Gasteiger charge is 2.08. The van der Waals surface area contributed by atoms with Gasteiger partial charge in [0.2, 0.25) is 0 Å². The molecule has 1 aromatic carbocycles. The van der Waals surface area contributed by atoms with Gasteiger partial charge in [0, 0.05) is 13.6 Å². The van der Waals surface area contributed by atoms with Gasteiger partial charge in [-0.25, -0.2) is 10.1 Å². The van der Waals surface area contributed by atoms with E-state index in [2.05, 4.69) is 15.7 Å². The molecule has 0 saturated carbocycles. The molecule has 2 N–H and O–H groups in total. The molecule has 7 nitrogen and oxygen atoms in total. The molecule has 104 valence electrons. The highest BCUT2D eigenvalue weighted by atomic mass is 35.5. The van der Waals surface area contributed by atoms with Crippen molar-refractivity contribution in [1.29, 1.82) is 0 Å². The van der Waals surface area contributed by atoms with Crippen molar-refractivity contribution in [3.63, 3.8) is 0 Å². The number of hydrazone groups is 1. The van der Waals surface area contributed by atoms with E-state index in [4.69, 9.17) is 16.3 Å². The third-order valence-electron chi connectivity index (χ3n) is 2.48. The minimum Gasteiger partial charge on any atom is -0.495 e. The number of nitrogens with zero attached hydrogens (tertiary/aromatic N) is 2. The predicted molar refractivity (Wildman–Crippen MR) is 73.1 cm³/mol. The van der Waals surface area contributed by atoms with E-state index >= 15 is 0 Å². The van der Waals surface area contributed by atoms with Crippen LogP contribution < -0.4 is 15.4 Å². The molecule has 0 aliphatic heterocycles. The highest BCUT2D eigenvalue weighted by Crippen LogP contribution is 2.27. The Bertz CT molecular complexity index is 505. The summed E-state index contributed by atoms with van der Waals surface area (Å²) in [5.41, 5.74) is 1.86. The third-order valence-corrected chi connectivity index (χ3v) is 2.77. The van der Waals surface area contributed by atoms with Crippen LogP contribution in [0.2, 0.25) is 5.02 Å². The van der Waals surface area contributed by atoms with Gasteiger partial charge in [-0.3, -0.25) is 0 Å². The number of benzene rings is 1. The summed E-state index contributed by atoms with van der Waals surface area (Å²) < 4.78 is 5.10. The van der Waals surface area contributed by atoms with E-state index in [0.717, 1.165) is 11.1 Å². The van der Waals surface area contributed by atoms with Crippen molar-refractivity contribution >= 4 is 17.6 Å². The van der Waals surface area contributed by atoms with Crippen LogP contribution in [-0.4, -0.2) is 25.1 Å². The van der Waals surface area contributed by atoms with Crippen molar-refractivity contribution in [3.8, 4) is 5.75 Å². The molecule has 0 fully saturated rings. The summed E-state index contributed by atoms with van der Waals surface area (Å²) in [5.74, 6) is 0.673. The van der Waals surface area contributed by atoms with Gasteiger partial charge in [0.05, 0.1) is 12.1 Å². The number of hydrogen-bond donors (Lipinski definition) is 2. The lowest BCUT2D eigenvalue weighted by Gasteiger charge is -2.11. The van der Waals surface area contributed by atoms with Crippen LogP contribution in [0.1, 0.15) is 11.1 Å². The zero-order valence-electron chi connectivity index (χ0n) is 10.9. The van der Waals surface area contributed by atoms with E-state index in [1.807, 2.05) is 13.0 Å². The molecule has 0 aliphatic carbocycles. The Balaban J connectivity index is 2.83. The SMILES string of the molecule is CN/C(=N\[N+](=O)[O-])NCc1cc(Cl)c(OC)cc1C. The monoisotopic (exact) mass is 286 g/mol. The second-order valence-electron chi connectivity index (χ2n) is 3.70. The fraction of sp³-hybridized carbons (Fsp3) is 0.364. The number of ether oxygens (including phenoxy) is 1. The van der Waals surface area contributed by atoms with Crippen molar-refractivity contribution in [2.75, 3.05) is 14.2 Å². The molecule has 19 heavy (non-hydrogen) atoms. The van der Waals surface area contributed by atoms with Gasteiger partial charge in [-0.2, -0.15) is 0 Å². The predicted octanol–water partition coefficient (Wildman–Crippen LogP) is 1.51. The Morgan fingerprint density at radius 2 is 2.26 bits per heavy atom. The van der Waals surface area contributed by atoms with Crippen molar-refractivity contribution in [1.82, 2.24) is 10.6 Å². The van der Waals surface area contributed by atoms with E-state index in [9.17, 15) is 10.1 Å². The summed E-state index contributed by atoms with van der Waals surface area (Å²) in [7, 11) is 3.09. The second-order valence-corrected chi connectivity index (χ2v) is 4.11. The molecule has 0 heterocycles. The molecule has 1 aromatic rings. The Hall–Kier alpha value is -2.02. The maximum atomic E-state index is 10.3. The highest BCUT2D eigenvalue weighted by molar-refractivity contribution is 6.32. The molecule has 0 amide bonds. The first kappa shape index (κ1) is 15.0. The number of methoxy groups -OCH3 is 1. The summed E-state index contributed by atoms with van der Waals surface area (Å²) in [6, 6.07) is 3.56. The van der Waals surface area contributed by atoms with E-state index in [1.54, 1.807) is 20.2 Å². The Morgan fingerprint density at radius 3 is 2.79 bits per heavy atom. The summed E-state index contributed by atoms with van der Waals surface area (Å²) in [6.45, 7) is 2.27. The molecule has 0 aliphatic rings. The summed E-state index contributed by atoms with van der Waals surface area (Å²) in [5, 5.41) is 18.6. The molecule has 0 saturated heterocycles. The van der Waals surface area contributed by atoms with E-state index in [-0.39, 0.29) is 5.96 Å². The van der Waals surface area contributed by atoms with Crippen LogP contribution in [0, 0.1) is 17.0 Å². The lowest BCUT2D eigenvalue weighted by Crippen LogP contribution is -2.35. The fourth-order valence-electron chi connectivity index (χ4n) is 1.48. The number of guanidine groups is 1. The van der Waals surface area contributed by atoms with Gasteiger partial charge in [-0.15, -0.1) is 0 Å². The molecule has 8 heteroatoms. The molecule has 0 aromatic heterocycles. The quantitative estimate of drug-likeness (QED) is 0.379. The standard InChI is InChI=1S/C11H15ClN4O3/c1-7-4-10(19-3)9(12)5-8(7)6-14-11(13-2)15-16(17)18/h4-5H,6H2,1-3H3,(H2,13,14,15). The zero-order chi connectivity index (χ0) is 14.4. The second kappa shape index (κ2) is 6.79. The van der Waals surface area contributed by atoms with E-state index in [1.165, 1.54) is 0 Å². The van der Waals surface area contributed by atoms with Crippen molar-refractivity contribution < 1.29 is 9.77 Å². The Labute approximate surface area is 115 Å². The Kier molecular flexibility index (Phi) is 5.37. The van der Waals surface area contributed by atoms with Crippen LogP contribution in [0.4, 0.5) is 0 Å². The van der Waals surface area contributed by atoms with Crippen molar-refractivity contribution in [2.24, 2.45) is 5.10 Å². The van der Waals surface area contributed by atoms with Gasteiger partial charge in [0.1, 0.15) is 10.9 Å². The number of aryl methyl sites for hydroxylation is 1. The van der Waals surface area contributed by atoms with Gasteiger partial charge >= 0.3 is 0 Å². The number of rotatable bonds is 4. The minimum atomic E-state index is -0.771. The Morgan fingerprint density at radius 1 is 1.58 bits per heavy atom. The van der Waals surface area contributed by atoms with Crippen LogP contribution in [0.3, 0.4) is 0 Å². The van der Waals surface area contributed by atoms with Crippen LogP contribution in [0.25, 0.3) is 0 Å². The molecule has 0 spiro atoms. The molecule has 0 bridgehead atoms. The van der Waals surface area contributed by atoms with Crippen molar-refractivity contribution in [2.45, 2.75) is 13.5 Å². The third kappa shape index (κ3) is 4.29. The lowest BCUT2D eigenvalue weighted by atomic mass is 10.1. The van der Waals surface area contributed by atoms with Gasteiger partial charge in [-0.1, -0.05) is 11.6 Å². The average Bonchev–Trinajstić information content (AvgIpc) is 2.37. The summed E-state index contributed by atoms with van der Waals surface area (Å²) in [6.07, 6.45) is 0. The largest absolute Gasteiger partial charge is 0.495 e. The maximum Gasteiger partial charge on any atom is 0.268 e. The van der Waals surface area contributed by atoms with Gasteiger partial charge in [0.25, 0.3) is 5.96 Å². The summed E-state index contributed by atoms with van der Waals surface area (Å²) >= 11 is 6.03. The number of nitro groups is 1. The van der Waals surface area contributed by atoms with Gasteiger partial charge in [0.15, 0.2) is 5.03 Å². The van der Waals surface area contributed by atoms with Crippen LogP contribution >= 0.6 is 11.6 Å². The number of nitrogens with one attached hydrogen (secondary N) is 2. The topological polar surface area (TPSA) is 88.8 Å². The molecule has 0 unspecified atom stereocenters. The van der Waals surface area contributed by atoms with E-state index in [0.29, 0.717) is 17.3 Å². The molecule has 0 radical (unpaired) electrons. The maximum absolute atomic E-state index is 10.3. The molecule has 0 atom stereocenters. The smallest absolute Gasteiger partial charge is 0.268 e. The zero-order valence-corrected chi connectivity index (χ0v) is 11.6. The number of hydrogen-bond acceptors (Lipinski definition) is 3. The average molecular weight is 287 g/mol. The molecular formula is C11H15ClN4O3. The van der Waals surface area contributed by atoms with Gasteiger partial charge < -0.3 is 15.4 Å². The van der Waals surface area contributed by atoms with Crippen LogP contribution in [0.15, 0.2) is 17.2 Å². The van der Waals surface area contributed by atoms with Crippen LogP contribution in [0.5, 0.6) is 5.75 Å². The first-order chi connectivity index (χ1) is 8.97. The van der Waals surface area contributed by atoms with E-state index < -0.39 is 5.03 Å². The molecular weight excluding hydrogens is 272 g/mol. The fourth-order valence-corrected chi connectivity index (χ4v) is 1.74.